The van der Waals surface area contributed by atoms with Gasteiger partial charge in [0.2, 0.25) is 0 Å². The molecule has 100 valence electrons. The van der Waals surface area contributed by atoms with E-state index in [-0.39, 0.29) is 0 Å². The maximum absolute atomic E-state index is 5.71. The molecule has 0 bridgehead atoms. The van der Waals surface area contributed by atoms with E-state index in [0.717, 1.165) is 18.6 Å². The number of nitrogens with two attached hydrogens (primary N) is 1. The number of hydrogen-bond acceptors (Lipinski definition) is 2. The van der Waals surface area contributed by atoms with Crippen molar-refractivity contribution in [2.45, 2.75) is 82.7 Å². The van der Waals surface area contributed by atoms with Crippen LogP contribution in [0.2, 0.25) is 0 Å². The molecule has 2 aliphatic rings. The summed E-state index contributed by atoms with van der Waals surface area (Å²) in [7, 11) is 0. The van der Waals surface area contributed by atoms with Gasteiger partial charge in [-0.3, -0.25) is 4.90 Å². The van der Waals surface area contributed by atoms with Gasteiger partial charge in [0.25, 0.3) is 0 Å². The Morgan fingerprint density at radius 1 is 0.765 bits per heavy atom. The monoisotopic (exact) mass is 238 g/mol. The van der Waals surface area contributed by atoms with Gasteiger partial charge in [-0.2, -0.15) is 0 Å². The van der Waals surface area contributed by atoms with Crippen molar-refractivity contribution in [1.82, 2.24) is 4.90 Å². The van der Waals surface area contributed by atoms with Crippen LogP contribution in [0, 0.1) is 0 Å². The van der Waals surface area contributed by atoms with Crippen molar-refractivity contribution in [2.24, 2.45) is 5.73 Å². The largest absolute Gasteiger partial charge is 0.330 e. The Labute approximate surface area is 107 Å². The van der Waals surface area contributed by atoms with Gasteiger partial charge in [0.15, 0.2) is 0 Å². The first-order valence-electron chi connectivity index (χ1n) is 7.87. The molecule has 2 rings (SSSR count). The average Bonchev–Trinajstić information content (AvgIpc) is 2.42. The van der Waals surface area contributed by atoms with E-state index in [1.54, 1.807) is 0 Å². The fourth-order valence-corrected chi connectivity index (χ4v) is 3.76. The Morgan fingerprint density at radius 3 is 1.65 bits per heavy atom. The smallest absolute Gasteiger partial charge is 0.00982 e. The van der Waals surface area contributed by atoms with E-state index in [0.29, 0.717) is 0 Å². The van der Waals surface area contributed by atoms with Crippen LogP contribution in [0.3, 0.4) is 0 Å². The lowest BCUT2D eigenvalue weighted by Crippen LogP contribution is -2.46. The molecule has 0 aromatic heterocycles. The molecule has 2 heteroatoms. The Kier molecular flexibility index (Phi) is 5.79. The zero-order valence-electron chi connectivity index (χ0n) is 11.4. The Hall–Kier alpha value is -0.0800. The van der Waals surface area contributed by atoms with Crippen LogP contribution in [0.25, 0.3) is 0 Å². The first kappa shape index (κ1) is 13.4. The van der Waals surface area contributed by atoms with E-state index < -0.39 is 0 Å². The Bertz CT molecular complexity index is 175. The third-order valence-corrected chi connectivity index (χ3v) is 4.71. The summed E-state index contributed by atoms with van der Waals surface area (Å²) in [6.07, 6.45) is 15.7. The molecule has 0 aromatic rings. The molecule has 0 heterocycles. The predicted molar refractivity (Wildman–Crippen MR) is 74.1 cm³/mol. The van der Waals surface area contributed by atoms with Crippen LogP contribution in [0.5, 0.6) is 0 Å². The number of nitrogens with zero attached hydrogens (tertiary/aromatic N) is 1. The standard InChI is InChI=1S/C15H30N2/c16-12-7-13-17(14-8-3-1-4-9-14)15-10-5-2-6-11-15/h14-15H,1-13,16H2. The average molecular weight is 238 g/mol. The molecule has 2 nitrogen and oxygen atoms in total. The van der Waals surface area contributed by atoms with Crippen LogP contribution in [0.15, 0.2) is 0 Å². The molecule has 2 fully saturated rings. The molecule has 17 heavy (non-hydrogen) atoms. The second-order valence-corrected chi connectivity index (χ2v) is 5.96. The molecule has 2 saturated carbocycles. The van der Waals surface area contributed by atoms with Crippen molar-refractivity contribution < 1.29 is 0 Å². The fourth-order valence-electron chi connectivity index (χ4n) is 3.76. The third-order valence-electron chi connectivity index (χ3n) is 4.71. The predicted octanol–water partition coefficient (Wildman–Crippen LogP) is 3.30. The van der Waals surface area contributed by atoms with Gasteiger partial charge in [0, 0.05) is 12.1 Å². The molecule has 0 unspecified atom stereocenters. The minimum absolute atomic E-state index is 0.857. The quantitative estimate of drug-likeness (QED) is 0.796. The summed E-state index contributed by atoms with van der Waals surface area (Å²) in [5, 5.41) is 0. The summed E-state index contributed by atoms with van der Waals surface area (Å²) in [6.45, 7) is 2.11. The maximum atomic E-state index is 5.71. The zero-order chi connectivity index (χ0) is 11.9. The highest BCUT2D eigenvalue weighted by Crippen LogP contribution is 2.30. The van der Waals surface area contributed by atoms with E-state index in [2.05, 4.69) is 4.90 Å². The van der Waals surface area contributed by atoms with E-state index in [4.69, 9.17) is 5.73 Å². The summed E-state index contributed by atoms with van der Waals surface area (Å²) < 4.78 is 0. The van der Waals surface area contributed by atoms with E-state index in [1.165, 1.54) is 77.2 Å². The van der Waals surface area contributed by atoms with Gasteiger partial charge in [0.05, 0.1) is 0 Å². The molecule has 0 aliphatic heterocycles. The molecular weight excluding hydrogens is 208 g/mol. The van der Waals surface area contributed by atoms with Crippen molar-refractivity contribution in [1.29, 1.82) is 0 Å². The Balaban J connectivity index is 1.90. The van der Waals surface area contributed by atoms with Crippen molar-refractivity contribution in [3.8, 4) is 0 Å². The van der Waals surface area contributed by atoms with Gasteiger partial charge >= 0.3 is 0 Å². The van der Waals surface area contributed by atoms with Crippen LogP contribution in [0.4, 0.5) is 0 Å². The molecule has 0 atom stereocenters. The lowest BCUT2D eigenvalue weighted by Gasteiger charge is -2.41. The van der Waals surface area contributed by atoms with Gasteiger partial charge in [-0.1, -0.05) is 38.5 Å². The highest BCUT2D eigenvalue weighted by atomic mass is 15.2. The van der Waals surface area contributed by atoms with Crippen LogP contribution in [-0.2, 0) is 0 Å². The Morgan fingerprint density at radius 2 is 1.24 bits per heavy atom. The van der Waals surface area contributed by atoms with Crippen molar-refractivity contribution in [3.05, 3.63) is 0 Å². The molecule has 2 N–H and O–H groups in total. The molecule has 2 aliphatic carbocycles. The van der Waals surface area contributed by atoms with Gasteiger partial charge in [-0.25, -0.2) is 0 Å². The molecular formula is C15H30N2. The summed E-state index contributed by atoms with van der Waals surface area (Å²) in [4.78, 5) is 2.85. The van der Waals surface area contributed by atoms with Crippen LogP contribution >= 0.6 is 0 Å². The molecule has 0 aromatic carbocycles. The number of rotatable bonds is 5. The van der Waals surface area contributed by atoms with Crippen molar-refractivity contribution >= 4 is 0 Å². The fraction of sp³-hybridized carbons (Fsp3) is 1.00. The van der Waals surface area contributed by atoms with Crippen LogP contribution in [-0.4, -0.2) is 30.1 Å². The third kappa shape index (κ3) is 3.96. The van der Waals surface area contributed by atoms with E-state index in [1.807, 2.05) is 0 Å². The highest BCUT2D eigenvalue weighted by molar-refractivity contribution is 4.83. The van der Waals surface area contributed by atoms with Crippen LogP contribution < -0.4 is 5.73 Å². The lowest BCUT2D eigenvalue weighted by molar-refractivity contribution is 0.0803. The second kappa shape index (κ2) is 7.38. The molecule has 0 saturated heterocycles. The van der Waals surface area contributed by atoms with E-state index >= 15 is 0 Å². The van der Waals surface area contributed by atoms with Crippen molar-refractivity contribution in [2.75, 3.05) is 13.1 Å². The normalized spacial score (nSPS) is 24.4. The minimum atomic E-state index is 0.857. The zero-order valence-corrected chi connectivity index (χ0v) is 11.4. The van der Waals surface area contributed by atoms with Gasteiger partial charge < -0.3 is 5.73 Å². The summed E-state index contributed by atoms with van der Waals surface area (Å²) in [5.74, 6) is 0. The van der Waals surface area contributed by atoms with Crippen LogP contribution in [0.1, 0.15) is 70.6 Å². The highest BCUT2D eigenvalue weighted by Gasteiger charge is 2.27. The minimum Gasteiger partial charge on any atom is -0.330 e. The summed E-state index contributed by atoms with van der Waals surface area (Å²) >= 11 is 0. The summed E-state index contributed by atoms with van der Waals surface area (Å²) in [5.41, 5.74) is 5.71. The number of hydrogen-bond donors (Lipinski definition) is 1. The van der Waals surface area contributed by atoms with Gasteiger partial charge in [0.1, 0.15) is 0 Å². The van der Waals surface area contributed by atoms with Crippen molar-refractivity contribution in [3.63, 3.8) is 0 Å². The van der Waals surface area contributed by atoms with Gasteiger partial charge in [-0.05, 0) is 45.2 Å². The summed E-state index contributed by atoms with van der Waals surface area (Å²) in [6, 6.07) is 1.77. The second-order valence-electron chi connectivity index (χ2n) is 5.96. The first-order chi connectivity index (χ1) is 8.42. The molecule has 0 spiro atoms. The molecule has 0 amide bonds. The maximum Gasteiger partial charge on any atom is 0.00982 e. The molecule has 0 radical (unpaired) electrons. The van der Waals surface area contributed by atoms with E-state index in [9.17, 15) is 0 Å². The first-order valence-corrected chi connectivity index (χ1v) is 7.87. The SMILES string of the molecule is NCCCN(C1CCCCC1)C1CCCCC1. The lowest BCUT2D eigenvalue weighted by atomic mass is 9.88. The topological polar surface area (TPSA) is 29.3 Å². The van der Waals surface area contributed by atoms with Gasteiger partial charge in [-0.15, -0.1) is 0 Å².